The molecule has 0 aliphatic heterocycles. The molecule has 0 aromatic heterocycles. The Labute approximate surface area is 119 Å². The van der Waals surface area contributed by atoms with E-state index in [-0.39, 0.29) is 5.41 Å². The van der Waals surface area contributed by atoms with E-state index in [9.17, 15) is 0 Å². The number of benzene rings is 1. The fourth-order valence-electron chi connectivity index (χ4n) is 2.61. The third kappa shape index (κ3) is 4.63. The van der Waals surface area contributed by atoms with Crippen molar-refractivity contribution in [2.75, 3.05) is 20.1 Å². The molecule has 108 valence electrons. The molecule has 0 aliphatic rings. The second-order valence-electron chi connectivity index (χ2n) is 6.40. The Balaban J connectivity index is 2.91. The van der Waals surface area contributed by atoms with Crippen LogP contribution < -0.4 is 5.32 Å². The van der Waals surface area contributed by atoms with Gasteiger partial charge < -0.3 is 10.2 Å². The first-order valence-corrected chi connectivity index (χ1v) is 7.37. The van der Waals surface area contributed by atoms with Crippen molar-refractivity contribution in [1.29, 1.82) is 0 Å². The lowest BCUT2D eigenvalue weighted by Gasteiger charge is -2.39. The summed E-state index contributed by atoms with van der Waals surface area (Å²) in [4.78, 5) is 2.42. The highest BCUT2D eigenvalue weighted by Gasteiger charge is 2.31. The standard InChI is InChI=1S/C17H30N2/c1-7-18-16(15-11-9-8-10-12-15)17(4,5)13-19(6)14(2)3/h8-12,14,16,18H,7,13H2,1-6H3. The maximum absolute atomic E-state index is 3.66. The minimum Gasteiger partial charge on any atom is -0.310 e. The summed E-state index contributed by atoms with van der Waals surface area (Å²) < 4.78 is 0. The van der Waals surface area contributed by atoms with Crippen LogP contribution in [-0.2, 0) is 0 Å². The maximum Gasteiger partial charge on any atom is 0.0384 e. The average molecular weight is 262 g/mol. The van der Waals surface area contributed by atoms with Gasteiger partial charge in [0, 0.05) is 18.6 Å². The third-order valence-corrected chi connectivity index (χ3v) is 3.86. The quantitative estimate of drug-likeness (QED) is 0.806. The molecule has 2 heteroatoms. The van der Waals surface area contributed by atoms with Gasteiger partial charge in [0.2, 0.25) is 0 Å². The van der Waals surface area contributed by atoms with Gasteiger partial charge in [-0.1, -0.05) is 51.1 Å². The van der Waals surface area contributed by atoms with Crippen LogP contribution in [0.3, 0.4) is 0 Å². The number of hydrogen-bond donors (Lipinski definition) is 1. The van der Waals surface area contributed by atoms with Gasteiger partial charge in [0.1, 0.15) is 0 Å². The van der Waals surface area contributed by atoms with Gasteiger partial charge >= 0.3 is 0 Å². The molecular formula is C17H30N2. The first-order chi connectivity index (χ1) is 8.88. The van der Waals surface area contributed by atoms with Crippen LogP contribution in [0.25, 0.3) is 0 Å². The molecule has 0 spiro atoms. The molecule has 0 fully saturated rings. The van der Waals surface area contributed by atoms with Crippen LogP contribution in [0.1, 0.15) is 46.2 Å². The van der Waals surface area contributed by atoms with Crippen LogP contribution in [0.15, 0.2) is 30.3 Å². The highest BCUT2D eigenvalue weighted by Crippen LogP contribution is 2.34. The Morgan fingerprint density at radius 1 is 1.16 bits per heavy atom. The molecule has 1 aromatic carbocycles. The molecule has 0 amide bonds. The van der Waals surface area contributed by atoms with Crippen LogP contribution >= 0.6 is 0 Å². The van der Waals surface area contributed by atoms with E-state index < -0.39 is 0 Å². The van der Waals surface area contributed by atoms with E-state index in [4.69, 9.17) is 0 Å². The summed E-state index contributed by atoms with van der Waals surface area (Å²) in [6, 6.07) is 11.8. The number of nitrogens with one attached hydrogen (secondary N) is 1. The van der Waals surface area contributed by atoms with Crippen molar-refractivity contribution in [3.05, 3.63) is 35.9 Å². The van der Waals surface area contributed by atoms with Crippen molar-refractivity contribution in [2.24, 2.45) is 5.41 Å². The van der Waals surface area contributed by atoms with Crippen molar-refractivity contribution in [1.82, 2.24) is 10.2 Å². The Hall–Kier alpha value is -0.860. The van der Waals surface area contributed by atoms with Crippen LogP contribution in [0.2, 0.25) is 0 Å². The Bertz CT molecular complexity index is 357. The molecule has 0 saturated heterocycles. The SMILES string of the molecule is CCNC(c1ccccc1)C(C)(C)CN(C)C(C)C. The average Bonchev–Trinajstić information content (AvgIpc) is 2.36. The van der Waals surface area contributed by atoms with Gasteiger partial charge in [-0.05, 0) is 38.4 Å². The lowest BCUT2D eigenvalue weighted by atomic mass is 9.79. The molecule has 0 heterocycles. The molecule has 1 unspecified atom stereocenters. The second kappa shape index (κ2) is 7.06. The third-order valence-electron chi connectivity index (χ3n) is 3.86. The molecule has 0 bridgehead atoms. The highest BCUT2D eigenvalue weighted by atomic mass is 15.1. The summed E-state index contributed by atoms with van der Waals surface area (Å²) >= 11 is 0. The fraction of sp³-hybridized carbons (Fsp3) is 0.647. The molecule has 0 saturated carbocycles. The molecular weight excluding hydrogens is 232 g/mol. The summed E-state index contributed by atoms with van der Waals surface area (Å²) in [7, 11) is 2.21. The normalized spacial score (nSPS) is 14.1. The minimum atomic E-state index is 0.191. The summed E-state index contributed by atoms with van der Waals surface area (Å²) in [6.45, 7) is 13.5. The van der Waals surface area contributed by atoms with E-state index in [0.29, 0.717) is 12.1 Å². The largest absolute Gasteiger partial charge is 0.310 e. The monoisotopic (exact) mass is 262 g/mol. The van der Waals surface area contributed by atoms with E-state index in [1.807, 2.05) is 0 Å². The Morgan fingerprint density at radius 2 is 1.74 bits per heavy atom. The van der Waals surface area contributed by atoms with Gasteiger partial charge in [0.05, 0.1) is 0 Å². The zero-order valence-corrected chi connectivity index (χ0v) is 13.4. The second-order valence-corrected chi connectivity index (χ2v) is 6.40. The number of rotatable bonds is 7. The smallest absolute Gasteiger partial charge is 0.0384 e. The van der Waals surface area contributed by atoms with Gasteiger partial charge in [-0.25, -0.2) is 0 Å². The van der Waals surface area contributed by atoms with Gasteiger partial charge in [-0.15, -0.1) is 0 Å². The number of hydrogen-bond acceptors (Lipinski definition) is 2. The molecule has 1 rings (SSSR count). The first-order valence-electron chi connectivity index (χ1n) is 7.37. The van der Waals surface area contributed by atoms with Crippen LogP contribution in [0, 0.1) is 5.41 Å². The topological polar surface area (TPSA) is 15.3 Å². The van der Waals surface area contributed by atoms with Gasteiger partial charge in [0.25, 0.3) is 0 Å². The van der Waals surface area contributed by atoms with Gasteiger partial charge in [-0.3, -0.25) is 0 Å². The molecule has 1 N–H and O–H groups in total. The van der Waals surface area contributed by atoms with Crippen molar-refractivity contribution in [3.8, 4) is 0 Å². The fourth-order valence-corrected chi connectivity index (χ4v) is 2.61. The molecule has 0 aliphatic carbocycles. The number of nitrogens with zero attached hydrogens (tertiary/aromatic N) is 1. The van der Waals surface area contributed by atoms with Crippen LogP contribution in [0.4, 0.5) is 0 Å². The van der Waals surface area contributed by atoms with Gasteiger partial charge in [-0.2, -0.15) is 0 Å². The lowest BCUT2D eigenvalue weighted by molar-refractivity contribution is 0.136. The highest BCUT2D eigenvalue weighted by molar-refractivity contribution is 5.21. The molecule has 1 atom stereocenters. The molecule has 2 nitrogen and oxygen atoms in total. The maximum atomic E-state index is 3.66. The first kappa shape index (κ1) is 16.2. The minimum absolute atomic E-state index is 0.191. The summed E-state index contributed by atoms with van der Waals surface area (Å²) in [5.41, 5.74) is 1.57. The zero-order valence-electron chi connectivity index (χ0n) is 13.4. The lowest BCUT2D eigenvalue weighted by Crippen LogP contribution is -2.43. The van der Waals surface area contributed by atoms with Crippen molar-refractivity contribution < 1.29 is 0 Å². The van der Waals surface area contributed by atoms with Crippen molar-refractivity contribution in [3.63, 3.8) is 0 Å². The predicted molar refractivity (Wildman–Crippen MR) is 84.4 cm³/mol. The molecule has 1 aromatic rings. The van der Waals surface area contributed by atoms with E-state index >= 15 is 0 Å². The van der Waals surface area contributed by atoms with Gasteiger partial charge in [0.15, 0.2) is 0 Å². The Kier molecular flexibility index (Phi) is 6.02. The summed E-state index contributed by atoms with van der Waals surface area (Å²) in [5.74, 6) is 0. The van der Waals surface area contributed by atoms with E-state index in [1.54, 1.807) is 0 Å². The van der Waals surface area contributed by atoms with Crippen LogP contribution in [-0.4, -0.2) is 31.1 Å². The Morgan fingerprint density at radius 3 is 2.21 bits per heavy atom. The van der Waals surface area contributed by atoms with Crippen molar-refractivity contribution in [2.45, 2.75) is 46.7 Å². The van der Waals surface area contributed by atoms with E-state index in [0.717, 1.165) is 13.1 Å². The van der Waals surface area contributed by atoms with E-state index in [1.165, 1.54) is 5.56 Å². The van der Waals surface area contributed by atoms with Crippen molar-refractivity contribution >= 4 is 0 Å². The summed E-state index contributed by atoms with van der Waals surface area (Å²) in [6.07, 6.45) is 0. The zero-order chi connectivity index (χ0) is 14.5. The predicted octanol–water partition coefficient (Wildman–Crippen LogP) is 3.70. The summed E-state index contributed by atoms with van der Waals surface area (Å²) in [5, 5.41) is 3.66. The van der Waals surface area contributed by atoms with Crippen LogP contribution in [0.5, 0.6) is 0 Å². The molecule has 0 radical (unpaired) electrons. The van der Waals surface area contributed by atoms with E-state index in [2.05, 4.69) is 82.2 Å². The molecule has 19 heavy (non-hydrogen) atoms.